The van der Waals surface area contributed by atoms with Crippen molar-refractivity contribution in [1.82, 2.24) is 0 Å². The molecule has 1 unspecified atom stereocenters. The molecule has 0 aromatic rings. The van der Waals surface area contributed by atoms with Crippen LogP contribution in [0.3, 0.4) is 0 Å². The van der Waals surface area contributed by atoms with Gasteiger partial charge in [0.2, 0.25) is 0 Å². The average Bonchev–Trinajstić information content (AvgIpc) is 3.59. The van der Waals surface area contributed by atoms with Crippen molar-refractivity contribution < 1.29 is 24.2 Å². The standard InChI is InChI=1S/C85H162O5/c1-3-5-7-9-11-13-15-17-19-21-23-25-27-29-31-33-35-37-39-41-42-44-46-48-50-52-54-56-58-60-62-64-66-68-70-72-74-76-78-80-85(88)90-83(81-86)82-89-84(87)79-77-75-73-71-69-67-65-63-61-59-57-55-53-51-49-47-45-43-40-38-36-34-32-30-28-26-24-22-20-18-16-14-12-10-8-6-4-2/h15,17,21-24,83,86H,3-14,16,18-20,25-82H2,1-2H3/b17-15-,23-21-,24-22-. The van der Waals surface area contributed by atoms with Gasteiger partial charge in [0.05, 0.1) is 6.61 Å². The van der Waals surface area contributed by atoms with Gasteiger partial charge in [-0.3, -0.25) is 9.59 Å². The molecule has 0 aromatic heterocycles. The second-order valence-corrected chi connectivity index (χ2v) is 28.6. The van der Waals surface area contributed by atoms with Crippen LogP contribution in [0.25, 0.3) is 0 Å². The Labute approximate surface area is 565 Å². The highest BCUT2D eigenvalue weighted by Gasteiger charge is 2.16. The molecule has 0 aliphatic carbocycles. The Morgan fingerprint density at radius 3 is 0.667 bits per heavy atom. The van der Waals surface area contributed by atoms with E-state index in [9.17, 15) is 14.7 Å². The van der Waals surface area contributed by atoms with E-state index in [0.29, 0.717) is 12.8 Å². The number of hydrogen-bond donors (Lipinski definition) is 1. The maximum atomic E-state index is 12.4. The second kappa shape index (κ2) is 81.4. The molecule has 0 radical (unpaired) electrons. The van der Waals surface area contributed by atoms with E-state index in [1.54, 1.807) is 0 Å². The predicted octanol–water partition coefficient (Wildman–Crippen LogP) is 29.2. The molecule has 0 aromatic carbocycles. The zero-order valence-electron chi connectivity index (χ0n) is 61.4. The number of carbonyl (C=O) groups is 2. The Hall–Kier alpha value is -1.88. The van der Waals surface area contributed by atoms with Gasteiger partial charge in [0.15, 0.2) is 6.10 Å². The zero-order chi connectivity index (χ0) is 64.7. The number of carbonyl (C=O) groups excluding carboxylic acids is 2. The van der Waals surface area contributed by atoms with Gasteiger partial charge in [0, 0.05) is 12.8 Å². The lowest BCUT2D eigenvalue weighted by Gasteiger charge is -2.15. The average molecular weight is 1260 g/mol. The fourth-order valence-corrected chi connectivity index (χ4v) is 13.2. The van der Waals surface area contributed by atoms with Crippen LogP contribution in [0.15, 0.2) is 36.5 Å². The van der Waals surface area contributed by atoms with E-state index < -0.39 is 6.10 Å². The van der Waals surface area contributed by atoms with Crippen molar-refractivity contribution in [3.63, 3.8) is 0 Å². The first-order valence-corrected chi connectivity index (χ1v) is 41.5. The van der Waals surface area contributed by atoms with Crippen molar-refractivity contribution >= 4 is 11.9 Å². The maximum absolute atomic E-state index is 12.4. The van der Waals surface area contributed by atoms with E-state index in [0.717, 1.165) is 38.5 Å². The van der Waals surface area contributed by atoms with E-state index in [1.165, 1.54) is 411 Å². The summed E-state index contributed by atoms with van der Waals surface area (Å²) in [7, 11) is 0. The maximum Gasteiger partial charge on any atom is 0.306 e. The summed E-state index contributed by atoms with van der Waals surface area (Å²) in [5, 5.41) is 9.73. The molecule has 0 bridgehead atoms. The number of aliphatic hydroxyl groups excluding tert-OH is 1. The molecule has 0 amide bonds. The summed E-state index contributed by atoms with van der Waals surface area (Å²) < 4.78 is 10.8. The van der Waals surface area contributed by atoms with Crippen LogP contribution in [0.4, 0.5) is 0 Å². The number of rotatable bonds is 79. The van der Waals surface area contributed by atoms with Gasteiger partial charge in [-0.05, 0) is 70.6 Å². The van der Waals surface area contributed by atoms with Crippen LogP contribution in [-0.2, 0) is 19.1 Å². The third-order valence-corrected chi connectivity index (χ3v) is 19.4. The minimum Gasteiger partial charge on any atom is -0.462 e. The van der Waals surface area contributed by atoms with Crippen molar-refractivity contribution in [3.05, 3.63) is 36.5 Å². The Balaban J connectivity index is 3.34. The SMILES string of the molecule is CCCCCCC/C=C\C/C=C\CCCCCCCCCCCCCCCCCCCCCCCCCCCCCC(=O)OC(CO)COC(=O)CCCCCCCCCCCCCCCCCCCCCCCCCCC/C=C\CCCCCCCCCC. The van der Waals surface area contributed by atoms with Gasteiger partial charge >= 0.3 is 11.9 Å². The molecule has 0 spiro atoms. The van der Waals surface area contributed by atoms with E-state index in [4.69, 9.17) is 9.47 Å². The number of allylic oxidation sites excluding steroid dienone is 6. The normalized spacial score (nSPS) is 12.3. The molecule has 0 saturated carbocycles. The number of hydrogen-bond acceptors (Lipinski definition) is 5. The molecular weight excluding hydrogens is 1100 g/mol. The Kier molecular flexibility index (Phi) is 79.7. The monoisotopic (exact) mass is 1260 g/mol. The van der Waals surface area contributed by atoms with Crippen LogP contribution in [0.5, 0.6) is 0 Å². The summed E-state index contributed by atoms with van der Waals surface area (Å²) in [6, 6.07) is 0. The molecule has 5 nitrogen and oxygen atoms in total. The first-order chi connectivity index (χ1) is 44.6. The molecule has 0 rings (SSSR count). The van der Waals surface area contributed by atoms with Crippen LogP contribution in [0, 0.1) is 0 Å². The van der Waals surface area contributed by atoms with E-state index in [-0.39, 0.29) is 25.2 Å². The molecule has 90 heavy (non-hydrogen) atoms. The third-order valence-electron chi connectivity index (χ3n) is 19.4. The number of unbranched alkanes of at least 4 members (excludes halogenated alkanes) is 65. The molecule has 1 atom stereocenters. The molecular formula is C85H162O5. The van der Waals surface area contributed by atoms with Crippen molar-refractivity contribution in [3.8, 4) is 0 Å². The number of ether oxygens (including phenoxy) is 2. The minimum atomic E-state index is -0.769. The van der Waals surface area contributed by atoms with Crippen molar-refractivity contribution in [2.45, 2.75) is 482 Å². The van der Waals surface area contributed by atoms with E-state index in [1.807, 2.05) is 0 Å². The summed E-state index contributed by atoms with van der Waals surface area (Å²) in [5.74, 6) is -0.560. The Morgan fingerprint density at radius 1 is 0.256 bits per heavy atom. The van der Waals surface area contributed by atoms with Gasteiger partial charge in [-0.2, -0.15) is 0 Å². The van der Waals surface area contributed by atoms with Gasteiger partial charge in [-0.15, -0.1) is 0 Å². The predicted molar refractivity (Wildman–Crippen MR) is 399 cm³/mol. The highest BCUT2D eigenvalue weighted by molar-refractivity contribution is 5.70. The topological polar surface area (TPSA) is 72.8 Å². The van der Waals surface area contributed by atoms with Crippen LogP contribution < -0.4 is 0 Å². The number of aliphatic hydroxyl groups is 1. The minimum absolute atomic E-state index is 0.0576. The first kappa shape index (κ1) is 88.1. The zero-order valence-corrected chi connectivity index (χ0v) is 61.4. The third kappa shape index (κ3) is 78.6. The van der Waals surface area contributed by atoms with Gasteiger partial charge in [0.25, 0.3) is 0 Å². The quantitative estimate of drug-likeness (QED) is 0.0373. The van der Waals surface area contributed by atoms with Gasteiger partial charge in [-0.1, -0.05) is 429 Å². The summed E-state index contributed by atoms with van der Waals surface area (Å²) in [6.07, 6.45) is 110. The summed E-state index contributed by atoms with van der Waals surface area (Å²) in [5.41, 5.74) is 0. The molecule has 5 heteroatoms. The molecule has 0 aliphatic rings. The van der Waals surface area contributed by atoms with Gasteiger partial charge < -0.3 is 14.6 Å². The second-order valence-electron chi connectivity index (χ2n) is 28.6. The van der Waals surface area contributed by atoms with Crippen LogP contribution >= 0.6 is 0 Å². The molecule has 1 N–H and O–H groups in total. The fraction of sp³-hybridized carbons (Fsp3) is 0.906. The largest absolute Gasteiger partial charge is 0.462 e. The van der Waals surface area contributed by atoms with Crippen LogP contribution in [0.2, 0.25) is 0 Å². The lowest BCUT2D eigenvalue weighted by atomic mass is 10.0. The first-order valence-electron chi connectivity index (χ1n) is 41.5. The highest BCUT2D eigenvalue weighted by atomic mass is 16.6. The number of esters is 2. The summed E-state index contributed by atoms with van der Waals surface area (Å²) in [6.45, 7) is 4.20. The van der Waals surface area contributed by atoms with Gasteiger partial charge in [0.1, 0.15) is 6.61 Å². The Bertz CT molecular complexity index is 1430. The molecule has 0 aliphatic heterocycles. The summed E-state index contributed by atoms with van der Waals surface area (Å²) >= 11 is 0. The molecule has 0 heterocycles. The molecule has 0 saturated heterocycles. The lowest BCUT2D eigenvalue weighted by molar-refractivity contribution is -0.161. The van der Waals surface area contributed by atoms with Gasteiger partial charge in [-0.25, -0.2) is 0 Å². The fourth-order valence-electron chi connectivity index (χ4n) is 13.2. The highest BCUT2D eigenvalue weighted by Crippen LogP contribution is 2.20. The van der Waals surface area contributed by atoms with Crippen LogP contribution in [-0.4, -0.2) is 36.4 Å². The Morgan fingerprint density at radius 2 is 0.444 bits per heavy atom. The van der Waals surface area contributed by atoms with E-state index >= 15 is 0 Å². The summed E-state index contributed by atoms with van der Waals surface area (Å²) in [4.78, 5) is 24.7. The van der Waals surface area contributed by atoms with Crippen LogP contribution in [0.1, 0.15) is 476 Å². The molecule has 532 valence electrons. The van der Waals surface area contributed by atoms with Crippen molar-refractivity contribution in [2.75, 3.05) is 13.2 Å². The lowest BCUT2D eigenvalue weighted by Crippen LogP contribution is -2.28. The van der Waals surface area contributed by atoms with Crippen molar-refractivity contribution in [1.29, 1.82) is 0 Å². The van der Waals surface area contributed by atoms with E-state index in [2.05, 4.69) is 50.3 Å². The molecule has 0 fully saturated rings. The van der Waals surface area contributed by atoms with Crippen molar-refractivity contribution in [2.24, 2.45) is 0 Å². The smallest absolute Gasteiger partial charge is 0.306 e.